The summed E-state index contributed by atoms with van der Waals surface area (Å²) in [6.45, 7) is 1.90. The van der Waals surface area contributed by atoms with Gasteiger partial charge in [-0.25, -0.2) is 9.50 Å². The third-order valence-corrected chi connectivity index (χ3v) is 5.61. The van der Waals surface area contributed by atoms with Crippen LogP contribution < -0.4 is 0 Å². The Balaban J connectivity index is 1.67. The van der Waals surface area contributed by atoms with E-state index in [4.69, 9.17) is 4.74 Å². The molecular formula is C21H20N4O3. The normalized spacial score (nSPS) is 24.9. The second kappa shape index (κ2) is 6.24. The summed E-state index contributed by atoms with van der Waals surface area (Å²) in [5.74, 6) is 0.475. The predicted molar refractivity (Wildman–Crippen MR) is 102 cm³/mol. The van der Waals surface area contributed by atoms with Crippen molar-refractivity contribution in [3.8, 4) is 0 Å². The van der Waals surface area contributed by atoms with Crippen LogP contribution in [-0.2, 0) is 9.53 Å². The largest absolute Gasteiger partial charge is 0.478 e. The van der Waals surface area contributed by atoms with Gasteiger partial charge in [-0.05, 0) is 56.9 Å². The minimum Gasteiger partial charge on any atom is -0.478 e. The van der Waals surface area contributed by atoms with Gasteiger partial charge >= 0.3 is 0 Å². The van der Waals surface area contributed by atoms with Crippen molar-refractivity contribution in [2.75, 3.05) is 0 Å². The van der Waals surface area contributed by atoms with Crippen LogP contribution in [0.15, 0.2) is 42.9 Å². The van der Waals surface area contributed by atoms with E-state index in [1.165, 1.54) is 6.33 Å². The summed E-state index contributed by atoms with van der Waals surface area (Å²) in [6, 6.07) is 9.37. The van der Waals surface area contributed by atoms with Gasteiger partial charge in [0.1, 0.15) is 12.1 Å². The third-order valence-electron chi connectivity index (χ3n) is 5.61. The van der Waals surface area contributed by atoms with Crippen LogP contribution in [0.25, 0.3) is 17.0 Å². The number of ether oxygens (including phenoxy) is 1. The number of carbonyl (C=O) groups excluding carboxylic acids is 1. The summed E-state index contributed by atoms with van der Waals surface area (Å²) in [5.41, 5.74) is 2.50. The van der Waals surface area contributed by atoms with E-state index in [9.17, 15) is 9.90 Å². The van der Waals surface area contributed by atoms with Crippen molar-refractivity contribution in [3.05, 3.63) is 59.8 Å². The fraction of sp³-hybridized carbons (Fsp3) is 0.333. The number of hydrogen-bond donors (Lipinski definition) is 1. The first-order valence-electron chi connectivity index (χ1n) is 9.46. The number of nitrogens with zero attached hydrogens (tertiary/aromatic N) is 4. The van der Waals surface area contributed by atoms with Gasteiger partial charge in [0.2, 0.25) is 5.78 Å². The maximum Gasteiger partial charge on any atom is 0.212 e. The molecule has 0 amide bonds. The Kier molecular flexibility index (Phi) is 3.80. The van der Waals surface area contributed by atoms with Crippen LogP contribution in [-0.4, -0.2) is 42.2 Å². The molecular weight excluding hydrogens is 356 g/mol. The number of ketones is 1. The highest BCUT2D eigenvalue weighted by Crippen LogP contribution is 2.47. The molecule has 0 radical (unpaired) electrons. The first-order valence-corrected chi connectivity index (χ1v) is 9.46. The van der Waals surface area contributed by atoms with Gasteiger partial charge in [0, 0.05) is 17.5 Å². The molecule has 5 rings (SSSR count). The molecule has 142 valence electrons. The van der Waals surface area contributed by atoms with E-state index in [1.54, 1.807) is 4.52 Å². The van der Waals surface area contributed by atoms with Crippen LogP contribution >= 0.6 is 0 Å². The average Bonchev–Trinajstić information content (AvgIpc) is 3.27. The molecule has 28 heavy (non-hydrogen) atoms. The molecule has 1 aliphatic carbocycles. The Morgan fingerprint density at radius 3 is 2.82 bits per heavy atom. The number of hydrogen-bond acceptors (Lipinski definition) is 6. The van der Waals surface area contributed by atoms with Crippen LogP contribution in [0.3, 0.4) is 0 Å². The number of aliphatic hydroxyl groups excluding tert-OH is 1. The lowest BCUT2D eigenvalue weighted by Gasteiger charge is -2.34. The zero-order valence-electron chi connectivity index (χ0n) is 15.5. The van der Waals surface area contributed by atoms with Gasteiger partial charge in [0.15, 0.2) is 11.2 Å². The molecule has 7 heteroatoms. The summed E-state index contributed by atoms with van der Waals surface area (Å²) < 4.78 is 8.05. The number of aromatic nitrogens is 4. The summed E-state index contributed by atoms with van der Waals surface area (Å²) in [7, 11) is 0. The van der Waals surface area contributed by atoms with Crippen LogP contribution in [0.5, 0.6) is 0 Å². The van der Waals surface area contributed by atoms with Gasteiger partial charge < -0.3 is 9.84 Å². The zero-order valence-corrected chi connectivity index (χ0v) is 15.5. The number of pyridine rings is 2. The molecule has 1 fully saturated rings. The minimum absolute atomic E-state index is 0.0498. The van der Waals surface area contributed by atoms with Gasteiger partial charge in [0.25, 0.3) is 0 Å². The van der Waals surface area contributed by atoms with Gasteiger partial charge in [0.05, 0.1) is 17.4 Å². The maximum absolute atomic E-state index is 13.6. The Morgan fingerprint density at radius 2 is 2.04 bits per heavy atom. The van der Waals surface area contributed by atoms with Crippen molar-refractivity contribution < 1.29 is 14.6 Å². The first-order chi connectivity index (χ1) is 13.6. The monoisotopic (exact) mass is 376 g/mol. The highest BCUT2D eigenvalue weighted by Gasteiger charge is 2.51. The van der Waals surface area contributed by atoms with Crippen molar-refractivity contribution in [1.82, 2.24) is 19.6 Å². The number of carbonyl (C=O) groups is 1. The summed E-state index contributed by atoms with van der Waals surface area (Å²) >= 11 is 0. The van der Waals surface area contributed by atoms with Crippen LogP contribution in [0.4, 0.5) is 0 Å². The van der Waals surface area contributed by atoms with Gasteiger partial charge in [-0.1, -0.05) is 6.07 Å². The molecule has 3 aromatic rings. The molecule has 0 atom stereocenters. The van der Waals surface area contributed by atoms with Gasteiger partial charge in [-0.2, -0.15) is 5.10 Å². The second-order valence-corrected chi connectivity index (χ2v) is 7.51. The van der Waals surface area contributed by atoms with Crippen LogP contribution in [0, 0.1) is 6.92 Å². The van der Waals surface area contributed by atoms with Crippen molar-refractivity contribution in [3.63, 3.8) is 0 Å². The SMILES string of the molecule is Cc1cccc(C2=C(c3ccc4ncnn4c3)OC3(CCC(O)CC3)C2=O)n1. The van der Waals surface area contributed by atoms with Crippen molar-refractivity contribution in [2.45, 2.75) is 44.3 Å². The fourth-order valence-corrected chi connectivity index (χ4v) is 4.09. The number of aliphatic hydroxyl groups is 1. The molecule has 1 spiro atoms. The molecule has 4 heterocycles. The standard InChI is InChI=1S/C21H20N4O3/c1-13-3-2-4-16(24-13)18-19(14-5-6-17-22-12-23-25(17)11-14)28-21(20(18)27)9-7-15(26)8-10-21/h2-6,11-12,15,26H,7-10H2,1H3. The summed E-state index contributed by atoms with van der Waals surface area (Å²) in [4.78, 5) is 22.3. The van der Waals surface area contributed by atoms with E-state index in [-0.39, 0.29) is 11.9 Å². The topological polar surface area (TPSA) is 89.6 Å². The van der Waals surface area contributed by atoms with Crippen molar-refractivity contribution in [2.24, 2.45) is 0 Å². The number of aryl methyl sites for hydroxylation is 1. The summed E-state index contributed by atoms with van der Waals surface area (Å²) in [6.07, 6.45) is 5.02. The highest BCUT2D eigenvalue weighted by atomic mass is 16.5. The molecule has 0 saturated heterocycles. The van der Waals surface area contributed by atoms with Crippen LogP contribution in [0.1, 0.15) is 42.6 Å². The Bertz CT molecular complexity index is 1110. The first kappa shape index (κ1) is 17.1. The lowest BCUT2D eigenvalue weighted by molar-refractivity contribution is -0.132. The highest BCUT2D eigenvalue weighted by molar-refractivity contribution is 6.32. The summed E-state index contributed by atoms with van der Waals surface area (Å²) in [5, 5.41) is 14.1. The second-order valence-electron chi connectivity index (χ2n) is 7.51. The molecule has 3 aromatic heterocycles. The van der Waals surface area contributed by atoms with Crippen LogP contribution in [0.2, 0.25) is 0 Å². The minimum atomic E-state index is -0.924. The average molecular weight is 376 g/mol. The number of Topliss-reactive ketones (excluding diaryl/α,β-unsaturated/α-hetero) is 1. The molecule has 0 bridgehead atoms. The zero-order chi connectivity index (χ0) is 19.3. The molecule has 0 aromatic carbocycles. The fourth-order valence-electron chi connectivity index (χ4n) is 4.09. The molecule has 7 nitrogen and oxygen atoms in total. The Hall–Kier alpha value is -3.06. The van der Waals surface area contributed by atoms with E-state index < -0.39 is 5.60 Å². The van der Waals surface area contributed by atoms with E-state index >= 15 is 0 Å². The Morgan fingerprint density at radius 1 is 1.21 bits per heavy atom. The molecule has 2 aliphatic rings. The van der Waals surface area contributed by atoms with E-state index in [2.05, 4.69) is 15.1 Å². The lowest BCUT2D eigenvalue weighted by Crippen LogP contribution is -2.42. The van der Waals surface area contributed by atoms with Crippen molar-refractivity contribution in [1.29, 1.82) is 0 Å². The van der Waals surface area contributed by atoms with Gasteiger partial charge in [-0.15, -0.1) is 0 Å². The van der Waals surface area contributed by atoms with E-state index in [0.29, 0.717) is 42.7 Å². The van der Waals surface area contributed by atoms with Gasteiger partial charge in [-0.3, -0.25) is 9.78 Å². The Labute approximate surface area is 161 Å². The smallest absolute Gasteiger partial charge is 0.212 e. The third kappa shape index (κ3) is 2.62. The molecule has 1 saturated carbocycles. The van der Waals surface area contributed by atoms with E-state index in [0.717, 1.165) is 16.9 Å². The van der Waals surface area contributed by atoms with Crippen molar-refractivity contribution >= 4 is 22.8 Å². The molecule has 1 aliphatic heterocycles. The maximum atomic E-state index is 13.6. The predicted octanol–water partition coefficient (Wildman–Crippen LogP) is 2.57. The molecule has 1 N–H and O–H groups in total. The number of rotatable bonds is 2. The quantitative estimate of drug-likeness (QED) is 0.739. The number of fused-ring (bicyclic) bond motifs is 1. The lowest BCUT2D eigenvalue weighted by atomic mass is 9.79. The molecule has 0 unspecified atom stereocenters. The van der Waals surface area contributed by atoms with E-state index in [1.807, 2.05) is 43.5 Å².